The second-order valence-corrected chi connectivity index (χ2v) is 9.96. The van der Waals surface area contributed by atoms with Crippen molar-refractivity contribution in [2.45, 2.75) is 11.4 Å². The molecule has 0 saturated carbocycles. The zero-order valence-corrected chi connectivity index (χ0v) is 20.9. The Hall–Kier alpha value is -3.88. The van der Waals surface area contributed by atoms with Crippen LogP contribution in [0.4, 0.5) is 4.39 Å². The van der Waals surface area contributed by atoms with E-state index >= 15 is 4.39 Å². The third-order valence-corrected chi connectivity index (χ3v) is 7.08. The fourth-order valence-corrected chi connectivity index (χ4v) is 4.71. The molecule has 4 rings (SSSR count). The van der Waals surface area contributed by atoms with E-state index in [9.17, 15) is 8.42 Å². The van der Waals surface area contributed by atoms with Crippen LogP contribution in [0.1, 0.15) is 5.56 Å². The van der Waals surface area contributed by atoms with Crippen LogP contribution in [-0.4, -0.2) is 21.5 Å². The number of ether oxygens (including phenoxy) is 1. The Bertz CT molecular complexity index is 1490. The smallest absolute Gasteiger partial charge is 0.264 e. The first kappa shape index (κ1) is 25.2. The second kappa shape index (κ2) is 10.8. The number of halogens is 2. The van der Waals surface area contributed by atoms with Crippen LogP contribution in [0, 0.1) is 5.82 Å². The van der Waals surface area contributed by atoms with Crippen LogP contribution in [0.5, 0.6) is 5.75 Å². The van der Waals surface area contributed by atoms with Crippen LogP contribution < -0.4 is 15.2 Å². The van der Waals surface area contributed by atoms with E-state index in [0.717, 1.165) is 16.7 Å². The summed E-state index contributed by atoms with van der Waals surface area (Å²) >= 11 is 6.04. The molecule has 6 nitrogen and oxygen atoms in total. The molecule has 4 aromatic carbocycles. The minimum absolute atomic E-state index is 0.0449. The molecule has 36 heavy (non-hydrogen) atoms. The van der Waals surface area contributed by atoms with E-state index in [1.54, 1.807) is 43.5 Å². The lowest BCUT2D eigenvalue weighted by atomic mass is 9.92. The van der Waals surface area contributed by atoms with Crippen molar-refractivity contribution in [1.82, 2.24) is 4.72 Å². The van der Waals surface area contributed by atoms with E-state index < -0.39 is 15.8 Å². The number of rotatable bonds is 7. The summed E-state index contributed by atoms with van der Waals surface area (Å²) in [6.45, 7) is -0.168. The second-order valence-electron chi connectivity index (χ2n) is 7.84. The third-order valence-electron chi connectivity index (χ3n) is 5.45. The van der Waals surface area contributed by atoms with Gasteiger partial charge in [-0.05, 0) is 70.8 Å². The van der Waals surface area contributed by atoms with E-state index in [-0.39, 0.29) is 23.0 Å². The first-order valence-electron chi connectivity index (χ1n) is 10.9. The maximum absolute atomic E-state index is 15.2. The van der Waals surface area contributed by atoms with Crippen molar-refractivity contribution in [3.05, 3.63) is 107 Å². The van der Waals surface area contributed by atoms with Gasteiger partial charge in [-0.15, -0.1) is 0 Å². The van der Waals surface area contributed by atoms with Crippen LogP contribution in [-0.2, 0) is 16.6 Å². The molecule has 0 heterocycles. The maximum Gasteiger partial charge on any atom is 0.264 e. The van der Waals surface area contributed by atoms with Gasteiger partial charge in [0.1, 0.15) is 11.6 Å². The molecule has 0 aliphatic heterocycles. The van der Waals surface area contributed by atoms with E-state index in [2.05, 4.69) is 9.71 Å². The van der Waals surface area contributed by atoms with Crippen LogP contribution >= 0.6 is 11.6 Å². The molecular formula is C27H23ClFN3O3S. The fourth-order valence-electron chi connectivity index (χ4n) is 3.62. The van der Waals surface area contributed by atoms with Crippen molar-refractivity contribution in [3.8, 4) is 28.0 Å². The lowest BCUT2D eigenvalue weighted by Crippen LogP contribution is -2.36. The summed E-state index contributed by atoms with van der Waals surface area (Å²) in [5.41, 5.74) is 9.12. The van der Waals surface area contributed by atoms with Crippen LogP contribution in [0.3, 0.4) is 0 Å². The molecular weight excluding hydrogens is 501 g/mol. The summed E-state index contributed by atoms with van der Waals surface area (Å²) in [5.74, 6) is -0.150. The Labute approximate surface area is 214 Å². The van der Waals surface area contributed by atoms with Gasteiger partial charge >= 0.3 is 0 Å². The average molecular weight is 524 g/mol. The first-order chi connectivity index (χ1) is 17.3. The van der Waals surface area contributed by atoms with Crippen LogP contribution in [0.2, 0.25) is 5.02 Å². The highest BCUT2D eigenvalue weighted by Crippen LogP contribution is 2.35. The molecule has 3 N–H and O–H groups in total. The van der Waals surface area contributed by atoms with E-state index in [1.807, 2.05) is 36.4 Å². The van der Waals surface area contributed by atoms with Crippen molar-refractivity contribution in [1.29, 1.82) is 0 Å². The highest BCUT2D eigenvalue weighted by molar-refractivity contribution is 7.90. The number of nitrogens with zero attached hydrogens (tertiary/aromatic N) is 1. The van der Waals surface area contributed by atoms with Crippen LogP contribution in [0.25, 0.3) is 22.3 Å². The van der Waals surface area contributed by atoms with Crippen molar-refractivity contribution < 1.29 is 17.5 Å². The molecule has 184 valence electrons. The van der Waals surface area contributed by atoms with Gasteiger partial charge in [0.15, 0.2) is 0 Å². The summed E-state index contributed by atoms with van der Waals surface area (Å²) in [4.78, 5) is 4.11. The van der Waals surface area contributed by atoms with Gasteiger partial charge in [0.2, 0.25) is 5.96 Å². The molecule has 0 fully saturated rings. The zero-order valence-electron chi connectivity index (χ0n) is 19.3. The largest absolute Gasteiger partial charge is 0.497 e. The summed E-state index contributed by atoms with van der Waals surface area (Å²) in [6.07, 6.45) is 0. The number of methoxy groups -OCH3 is 1. The molecule has 0 bridgehead atoms. The zero-order chi connectivity index (χ0) is 25.7. The maximum atomic E-state index is 15.2. The number of hydrogen-bond acceptors (Lipinski definition) is 4. The number of aliphatic imine (C=N–C) groups is 1. The minimum atomic E-state index is -3.90. The summed E-state index contributed by atoms with van der Waals surface area (Å²) in [7, 11) is -2.32. The molecule has 0 atom stereocenters. The Morgan fingerprint density at radius 2 is 1.53 bits per heavy atom. The number of nitrogens with one attached hydrogen (secondary N) is 1. The van der Waals surface area contributed by atoms with Gasteiger partial charge in [-0.25, -0.2) is 22.5 Å². The first-order valence-corrected chi connectivity index (χ1v) is 12.7. The van der Waals surface area contributed by atoms with Gasteiger partial charge < -0.3 is 10.5 Å². The Morgan fingerprint density at radius 3 is 2.14 bits per heavy atom. The average Bonchev–Trinajstić information content (AvgIpc) is 2.88. The Balaban J connectivity index is 1.69. The fraction of sp³-hybridized carbons (Fsp3) is 0.0741. The Morgan fingerprint density at radius 1 is 0.944 bits per heavy atom. The van der Waals surface area contributed by atoms with Crippen molar-refractivity contribution in [3.63, 3.8) is 0 Å². The summed E-state index contributed by atoms with van der Waals surface area (Å²) in [6, 6.07) is 25.4. The van der Waals surface area contributed by atoms with Crippen LogP contribution in [0.15, 0.2) is 101 Å². The molecule has 0 spiro atoms. The standard InChI is InChI=1S/C27H23ClFN3O3S/c1-35-22-13-9-19(10-14-22)24-15-20(26(29)16-25(24)18-7-11-21(28)12-8-18)17-31-27(30)32-36(33,34)23-5-3-2-4-6-23/h2-16H,17H2,1H3,(H3,30,31,32). The SMILES string of the molecule is COc1ccc(-c2cc(CN=C(N)NS(=O)(=O)c3ccccc3)c(F)cc2-c2ccc(Cl)cc2)cc1. The normalized spacial score (nSPS) is 11.8. The number of sulfonamides is 1. The monoisotopic (exact) mass is 523 g/mol. The van der Waals surface area contributed by atoms with E-state index in [4.69, 9.17) is 22.1 Å². The predicted octanol–water partition coefficient (Wildman–Crippen LogP) is 5.61. The Kier molecular flexibility index (Phi) is 7.57. The van der Waals surface area contributed by atoms with Gasteiger partial charge in [-0.3, -0.25) is 0 Å². The number of hydrogen-bond donors (Lipinski definition) is 2. The van der Waals surface area contributed by atoms with Gasteiger partial charge in [0, 0.05) is 10.6 Å². The number of benzene rings is 4. The number of nitrogens with two attached hydrogens (primary N) is 1. The highest BCUT2D eigenvalue weighted by atomic mass is 35.5. The molecule has 0 unspecified atom stereocenters. The quantitative estimate of drug-likeness (QED) is 0.243. The molecule has 0 radical (unpaired) electrons. The van der Waals surface area contributed by atoms with Gasteiger partial charge in [-0.1, -0.05) is 54.1 Å². The molecule has 0 aromatic heterocycles. The van der Waals surface area contributed by atoms with Crippen molar-refractivity contribution in [2.75, 3.05) is 7.11 Å². The minimum Gasteiger partial charge on any atom is -0.497 e. The number of guanidine groups is 1. The van der Waals surface area contributed by atoms with E-state index in [0.29, 0.717) is 16.3 Å². The van der Waals surface area contributed by atoms with Gasteiger partial charge in [0.05, 0.1) is 18.6 Å². The molecule has 9 heteroatoms. The van der Waals surface area contributed by atoms with E-state index in [1.165, 1.54) is 18.2 Å². The lowest BCUT2D eigenvalue weighted by molar-refractivity contribution is 0.415. The summed E-state index contributed by atoms with van der Waals surface area (Å²) in [5, 5.41) is 0.574. The third kappa shape index (κ3) is 5.84. The molecule has 0 aliphatic rings. The molecule has 0 amide bonds. The van der Waals surface area contributed by atoms with Gasteiger partial charge in [0.25, 0.3) is 10.0 Å². The topological polar surface area (TPSA) is 93.8 Å². The molecule has 4 aromatic rings. The van der Waals surface area contributed by atoms with Crippen molar-refractivity contribution >= 4 is 27.6 Å². The van der Waals surface area contributed by atoms with Gasteiger partial charge in [-0.2, -0.15) is 0 Å². The molecule has 0 saturated heterocycles. The highest BCUT2D eigenvalue weighted by Gasteiger charge is 2.16. The molecule has 0 aliphatic carbocycles. The predicted molar refractivity (Wildman–Crippen MR) is 141 cm³/mol. The summed E-state index contributed by atoms with van der Waals surface area (Å²) < 4.78 is 47.6. The van der Waals surface area contributed by atoms with Crippen molar-refractivity contribution in [2.24, 2.45) is 10.7 Å². The lowest BCUT2D eigenvalue weighted by Gasteiger charge is -2.14.